The number of ether oxygens (including phenoxy) is 1. The van der Waals surface area contributed by atoms with E-state index in [0.717, 1.165) is 19.3 Å². The minimum Gasteiger partial charge on any atom is -0.450 e. The smallest absolute Gasteiger partial charge is 0.407 e. The molecule has 2 fully saturated rings. The van der Waals surface area contributed by atoms with Gasteiger partial charge in [-0.3, -0.25) is 14.4 Å². The number of cyclic esters (lactones) is 1. The van der Waals surface area contributed by atoms with Crippen molar-refractivity contribution in [1.82, 2.24) is 20.9 Å². The predicted octanol–water partition coefficient (Wildman–Crippen LogP) is 3.00. The largest absolute Gasteiger partial charge is 0.450 e. The molecule has 0 saturated carbocycles. The molecule has 0 aromatic rings. The Morgan fingerprint density at radius 1 is 1.08 bits per heavy atom. The molecule has 0 radical (unpaired) electrons. The first-order chi connectivity index (χ1) is 17.2. The lowest BCUT2D eigenvalue weighted by Gasteiger charge is -2.29. The molecule has 2 aliphatic heterocycles. The van der Waals surface area contributed by atoms with Crippen molar-refractivity contribution in [3.05, 3.63) is 12.2 Å². The Morgan fingerprint density at radius 2 is 1.81 bits per heavy atom. The summed E-state index contributed by atoms with van der Waals surface area (Å²) < 4.78 is 5.28. The molecule has 0 aromatic carbocycles. The highest BCUT2D eigenvalue weighted by Crippen LogP contribution is 2.27. The summed E-state index contributed by atoms with van der Waals surface area (Å²) in [5.74, 6) is -0.415. The number of nitrogens with zero attached hydrogens (tertiary/aromatic N) is 1. The van der Waals surface area contributed by atoms with Gasteiger partial charge in [0.05, 0.1) is 13.2 Å². The number of carbonyl (C=O) groups is 4. The number of hydrogen-bond donors (Lipinski definition) is 3. The number of allylic oxidation sites excluding steroid dienone is 2. The zero-order valence-electron chi connectivity index (χ0n) is 22.5. The van der Waals surface area contributed by atoms with Crippen LogP contribution < -0.4 is 16.0 Å². The number of alkyl carbamates (subject to hydrolysis) is 1. The van der Waals surface area contributed by atoms with Crippen molar-refractivity contribution in [2.24, 2.45) is 23.7 Å². The summed E-state index contributed by atoms with van der Waals surface area (Å²) in [6.07, 6.45) is 8.96. The van der Waals surface area contributed by atoms with Gasteiger partial charge in [-0.2, -0.15) is 0 Å². The van der Waals surface area contributed by atoms with E-state index in [1.165, 1.54) is 0 Å². The maximum absolute atomic E-state index is 13.6. The maximum atomic E-state index is 13.6. The molecular weight excluding hydrogens is 460 g/mol. The van der Waals surface area contributed by atoms with Gasteiger partial charge in [0, 0.05) is 25.6 Å². The van der Waals surface area contributed by atoms with Crippen LogP contribution in [-0.2, 0) is 19.1 Å². The Bertz CT molecular complexity index is 761. The van der Waals surface area contributed by atoms with Crippen LogP contribution >= 0.6 is 0 Å². The van der Waals surface area contributed by atoms with Crippen LogP contribution in [0.3, 0.4) is 0 Å². The Balaban J connectivity index is 2.17. The first kappa shape index (κ1) is 29.6. The summed E-state index contributed by atoms with van der Waals surface area (Å²) in [6.45, 7) is 10.1. The first-order valence-electron chi connectivity index (χ1n) is 13.6. The summed E-state index contributed by atoms with van der Waals surface area (Å²) in [5.41, 5.74) is 0. The average molecular weight is 507 g/mol. The lowest BCUT2D eigenvalue weighted by atomic mass is 9.81. The molecule has 2 saturated heterocycles. The van der Waals surface area contributed by atoms with Crippen LogP contribution in [0.2, 0.25) is 0 Å². The molecule has 0 spiro atoms. The van der Waals surface area contributed by atoms with E-state index in [0.29, 0.717) is 44.2 Å². The van der Waals surface area contributed by atoms with Gasteiger partial charge in [-0.15, -0.1) is 0 Å². The Morgan fingerprint density at radius 3 is 2.47 bits per heavy atom. The highest BCUT2D eigenvalue weighted by molar-refractivity contribution is 5.91. The average Bonchev–Trinajstić information content (AvgIpc) is 2.85. The van der Waals surface area contributed by atoms with Crippen LogP contribution in [0, 0.1) is 23.7 Å². The van der Waals surface area contributed by atoms with Crippen LogP contribution in [0.15, 0.2) is 12.2 Å². The van der Waals surface area contributed by atoms with E-state index in [1.54, 1.807) is 4.90 Å². The van der Waals surface area contributed by atoms with Crippen molar-refractivity contribution in [1.29, 1.82) is 0 Å². The molecule has 0 aliphatic carbocycles. The van der Waals surface area contributed by atoms with Crippen molar-refractivity contribution in [3.8, 4) is 0 Å². The topological polar surface area (TPSA) is 117 Å². The van der Waals surface area contributed by atoms with Gasteiger partial charge in [0.15, 0.2) is 0 Å². The minimum absolute atomic E-state index is 0.0356. The number of nitrogens with one attached hydrogen (secondary N) is 3. The Kier molecular flexibility index (Phi) is 12.8. The fraction of sp³-hybridized carbons (Fsp3) is 0.778. The van der Waals surface area contributed by atoms with Gasteiger partial charge in [-0.25, -0.2) is 4.79 Å². The lowest BCUT2D eigenvalue weighted by molar-refractivity contribution is -0.135. The second kappa shape index (κ2) is 15.5. The fourth-order valence-electron chi connectivity index (χ4n) is 4.72. The van der Waals surface area contributed by atoms with E-state index in [-0.39, 0.29) is 49.8 Å². The molecule has 0 aromatic heterocycles. The van der Waals surface area contributed by atoms with Gasteiger partial charge < -0.3 is 25.6 Å². The molecule has 9 nitrogen and oxygen atoms in total. The van der Waals surface area contributed by atoms with Crippen LogP contribution in [0.1, 0.15) is 72.6 Å². The van der Waals surface area contributed by atoms with Crippen LogP contribution in [0.25, 0.3) is 0 Å². The molecule has 3 atom stereocenters. The van der Waals surface area contributed by atoms with Crippen LogP contribution in [-0.4, -0.2) is 67.5 Å². The number of piperidine rings is 1. The van der Waals surface area contributed by atoms with E-state index >= 15 is 0 Å². The molecule has 0 bridgehead atoms. The van der Waals surface area contributed by atoms with Gasteiger partial charge in [0.2, 0.25) is 17.7 Å². The molecule has 2 heterocycles. The van der Waals surface area contributed by atoms with Gasteiger partial charge in [-0.1, -0.05) is 39.8 Å². The molecule has 2 aliphatic rings. The summed E-state index contributed by atoms with van der Waals surface area (Å²) in [4.78, 5) is 53.0. The Labute approximate surface area is 216 Å². The van der Waals surface area contributed by atoms with Crippen LogP contribution in [0.5, 0.6) is 0 Å². The summed E-state index contributed by atoms with van der Waals surface area (Å²) in [6, 6.07) is -0.864. The van der Waals surface area contributed by atoms with Gasteiger partial charge in [0.25, 0.3) is 0 Å². The van der Waals surface area contributed by atoms with E-state index < -0.39 is 18.0 Å². The molecular formula is C27H46N4O5. The number of carbonyl (C=O) groups excluding carboxylic acids is 4. The number of hydrogen-bond acceptors (Lipinski definition) is 5. The van der Waals surface area contributed by atoms with E-state index in [9.17, 15) is 19.2 Å². The van der Waals surface area contributed by atoms with Gasteiger partial charge >= 0.3 is 6.09 Å². The number of likely N-dealkylation sites (tertiary alicyclic amines) is 1. The van der Waals surface area contributed by atoms with E-state index in [4.69, 9.17) is 4.74 Å². The van der Waals surface area contributed by atoms with Crippen molar-refractivity contribution in [3.63, 3.8) is 0 Å². The molecule has 9 heteroatoms. The molecule has 0 unspecified atom stereocenters. The van der Waals surface area contributed by atoms with Crippen molar-refractivity contribution in [2.75, 3.05) is 32.8 Å². The molecule has 2 rings (SSSR count). The van der Waals surface area contributed by atoms with Crippen LogP contribution in [0.4, 0.5) is 4.79 Å². The zero-order valence-corrected chi connectivity index (χ0v) is 22.5. The molecule has 36 heavy (non-hydrogen) atoms. The first-order valence-corrected chi connectivity index (χ1v) is 13.6. The third kappa shape index (κ3) is 10.6. The summed E-state index contributed by atoms with van der Waals surface area (Å²) in [5, 5.41) is 8.30. The van der Waals surface area contributed by atoms with E-state index in [1.807, 2.05) is 0 Å². The van der Waals surface area contributed by atoms with Crippen molar-refractivity contribution in [2.45, 2.75) is 78.7 Å². The highest BCUT2D eigenvalue weighted by Gasteiger charge is 2.31. The molecule has 3 N–H and O–H groups in total. The second-order valence-electron chi connectivity index (χ2n) is 10.7. The zero-order chi connectivity index (χ0) is 26.5. The van der Waals surface area contributed by atoms with E-state index in [2.05, 4.69) is 55.8 Å². The SMILES string of the molecule is CC(C)/C=C/[C@H]1CCCOC(=O)NCC[C@@H](C(=O)NCC(=O)N2CCCCC2)NC(=O)[C@@H]1CC(C)C. The quantitative estimate of drug-likeness (QED) is 0.459. The molecule has 4 amide bonds. The third-order valence-electron chi connectivity index (χ3n) is 6.70. The monoisotopic (exact) mass is 506 g/mol. The minimum atomic E-state index is -0.864. The lowest BCUT2D eigenvalue weighted by Crippen LogP contribution is -2.52. The predicted molar refractivity (Wildman–Crippen MR) is 139 cm³/mol. The van der Waals surface area contributed by atoms with Crippen molar-refractivity contribution >= 4 is 23.8 Å². The number of rotatable bonds is 7. The molecule has 204 valence electrons. The normalized spacial score (nSPS) is 24.8. The fourth-order valence-corrected chi connectivity index (χ4v) is 4.72. The summed E-state index contributed by atoms with van der Waals surface area (Å²) in [7, 11) is 0. The number of amides is 4. The second-order valence-corrected chi connectivity index (χ2v) is 10.7. The standard InChI is InChI=1S/C27H46N4O5/c1-19(2)10-11-21-9-8-16-36-27(35)28-13-12-23(30-25(33)22(21)17-20(3)4)26(34)29-18-24(32)31-14-6-5-7-15-31/h10-11,19-23H,5-9,12-18H2,1-4H3,(H,28,35)(H,29,34)(H,30,33)/b11-10+/t21-,22-,23+/m1/s1. The maximum Gasteiger partial charge on any atom is 0.407 e. The summed E-state index contributed by atoms with van der Waals surface area (Å²) >= 11 is 0. The van der Waals surface area contributed by atoms with Gasteiger partial charge in [0.1, 0.15) is 6.04 Å². The van der Waals surface area contributed by atoms with Gasteiger partial charge in [-0.05, 0) is 62.7 Å². The highest BCUT2D eigenvalue weighted by atomic mass is 16.5. The van der Waals surface area contributed by atoms with Crippen molar-refractivity contribution < 1.29 is 23.9 Å². The Hall–Kier alpha value is -2.58. The third-order valence-corrected chi connectivity index (χ3v) is 6.70.